The molecule has 3 rings (SSSR count). The predicted molar refractivity (Wildman–Crippen MR) is 85.7 cm³/mol. The van der Waals surface area contributed by atoms with Crippen molar-refractivity contribution in [2.75, 3.05) is 17.2 Å². The number of rotatable bonds is 2. The van der Waals surface area contributed by atoms with Crippen molar-refractivity contribution in [2.45, 2.75) is 39.2 Å². The summed E-state index contributed by atoms with van der Waals surface area (Å²) >= 11 is 0. The number of nitrogens with two attached hydrogens (primary N) is 1. The van der Waals surface area contributed by atoms with E-state index in [1.54, 1.807) is 0 Å². The third-order valence-corrected chi connectivity index (χ3v) is 4.49. The highest BCUT2D eigenvalue weighted by atomic mass is 16.2. The molecule has 0 amide bonds. The minimum absolute atomic E-state index is 0.0773. The summed E-state index contributed by atoms with van der Waals surface area (Å²) in [4.78, 5) is 25.1. The van der Waals surface area contributed by atoms with E-state index in [0.717, 1.165) is 6.42 Å². The largest absolute Gasteiger partial charge is 0.394 e. The highest BCUT2D eigenvalue weighted by molar-refractivity contribution is 5.73. The summed E-state index contributed by atoms with van der Waals surface area (Å²) in [5.74, 6) is 0. The Morgan fingerprint density at radius 1 is 1.24 bits per heavy atom. The van der Waals surface area contributed by atoms with Crippen molar-refractivity contribution < 1.29 is 0 Å². The predicted octanol–water partition coefficient (Wildman–Crippen LogP) is 1.72. The summed E-state index contributed by atoms with van der Waals surface area (Å²) in [5, 5.41) is 0. The highest BCUT2D eigenvalue weighted by Crippen LogP contribution is 2.36. The van der Waals surface area contributed by atoms with E-state index in [1.165, 1.54) is 16.7 Å². The van der Waals surface area contributed by atoms with Gasteiger partial charge in [-0.05, 0) is 23.1 Å². The van der Waals surface area contributed by atoms with Gasteiger partial charge < -0.3 is 10.6 Å². The summed E-state index contributed by atoms with van der Waals surface area (Å²) in [6.45, 7) is 7.78. The summed E-state index contributed by atoms with van der Waals surface area (Å²) < 4.78 is 0. The maximum atomic E-state index is 11.8. The van der Waals surface area contributed by atoms with E-state index in [1.807, 2.05) is 4.90 Å². The van der Waals surface area contributed by atoms with Gasteiger partial charge in [-0.1, -0.05) is 39.0 Å². The lowest BCUT2D eigenvalue weighted by Crippen LogP contribution is -2.49. The van der Waals surface area contributed by atoms with Gasteiger partial charge in [0.05, 0.1) is 0 Å². The molecule has 0 aromatic heterocycles. The van der Waals surface area contributed by atoms with Gasteiger partial charge in [-0.25, -0.2) is 0 Å². The van der Waals surface area contributed by atoms with E-state index in [4.69, 9.17) is 5.73 Å². The number of hydrogen-bond donors (Lipinski definition) is 1. The van der Waals surface area contributed by atoms with E-state index in [0.29, 0.717) is 18.8 Å². The third kappa shape index (κ3) is 1.97. The zero-order chi connectivity index (χ0) is 15.4. The number of anilines is 2. The van der Waals surface area contributed by atoms with E-state index in [9.17, 15) is 9.59 Å². The molecule has 110 valence electrons. The first-order valence-corrected chi connectivity index (χ1v) is 7.31. The minimum Gasteiger partial charge on any atom is -0.394 e. The summed E-state index contributed by atoms with van der Waals surface area (Å²) in [7, 11) is 0. The molecule has 0 aliphatic carbocycles. The van der Waals surface area contributed by atoms with Crippen LogP contribution in [0.25, 0.3) is 0 Å². The second-order valence-electron chi connectivity index (χ2n) is 6.51. The SMILES string of the molecule is CCc1ccc2c(c1)CN(c1c(N)c(=O)c1=O)CC2(C)C. The van der Waals surface area contributed by atoms with Crippen LogP contribution >= 0.6 is 0 Å². The molecule has 0 unspecified atom stereocenters. The first-order chi connectivity index (χ1) is 9.85. The maximum Gasteiger partial charge on any atom is 0.253 e. The Morgan fingerprint density at radius 2 is 1.95 bits per heavy atom. The number of fused-ring (bicyclic) bond motifs is 1. The van der Waals surface area contributed by atoms with Crippen LogP contribution in [0.2, 0.25) is 0 Å². The molecular formula is C17H20N2O2. The van der Waals surface area contributed by atoms with Gasteiger partial charge in [0.2, 0.25) is 0 Å². The molecular weight excluding hydrogens is 264 g/mol. The highest BCUT2D eigenvalue weighted by Gasteiger charge is 2.35. The standard InChI is InChI=1S/C17H20N2O2/c1-4-10-5-6-12-11(7-10)8-19(9-17(12,2)3)14-13(18)15(20)16(14)21/h5-7H,4,8-9,18H2,1-3H3. The van der Waals surface area contributed by atoms with Crippen molar-refractivity contribution in [1.82, 2.24) is 0 Å². The average molecular weight is 284 g/mol. The van der Waals surface area contributed by atoms with Gasteiger partial charge in [0, 0.05) is 18.5 Å². The summed E-state index contributed by atoms with van der Waals surface area (Å²) in [6, 6.07) is 6.56. The number of aryl methyl sites for hydroxylation is 1. The molecule has 21 heavy (non-hydrogen) atoms. The van der Waals surface area contributed by atoms with E-state index in [-0.39, 0.29) is 11.1 Å². The van der Waals surface area contributed by atoms with Crippen LogP contribution < -0.4 is 21.5 Å². The van der Waals surface area contributed by atoms with Crippen LogP contribution in [0.15, 0.2) is 27.8 Å². The molecule has 0 saturated heterocycles. The van der Waals surface area contributed by atoms with E-state index < -0.39 is 10.9 Å². The Balaban J connectivity index is 2.06. The van der Waals surface area contributed by atoms with Gasteiger partial charge in [0.15, 0.2) is 0 Å². The number of benzene rings is 1. The minimum atomic E-state index is -0.545. The molecule has 2 aromatic rings. The van der Waals surface area contributed by atoms with Crippen LogP contribution in [0.3, 0.4) is 0 Å². The van der Waals surface area contributed by atoms with Crippen molar-refractivity contribution >= 4 is 11.4 Å². The smallest absolute Gasteiger partial charge is 0.253 e. The van der Waals surface area contributed by atoms with Crippen LogP contribution in [-0.2, 0) is 18.4 Å². The van der Waals surface area contributed by atoms with Crippen molar-refractivity contribution in [1.29, 1.82) is 0 Å². The van der Waals surface area contributed by atoms with Crippen LogP contribution in [0.1, 0.15) is 37.5 Å². The Kier molecular flexibility index (Phi) is 2.94. The molecule has 1 aliphatic rings. The first-order valence-electron chi connectivity index (χ1n) is 7.31. The molecule has 2 aromatic carbocycles. The number of nitrogens with zero attached hydrogens (tertiary/aromatic N) is 1. The van der Waals surface area contributed by atoms with Crippen LogP contribution in [0.4, 0.5) is 11.4 Å². The van der Waals surface area contributed by atoms with Gasteiger partial charge in [-0.15, -0.1) is 0 Å². The Hall–Kier alpha value is -2.10. The topological polar surface area (TPSA) is 63.4 Å². The lowest BCUT2D eigenvalue weighted by Gasteiger charge is -2.41. The van der Waals surface area contributed by atoms with Crippen LogP contribution in [0, 0.1) is 0 Å². The quantitative estimate of drug-likeness (QED) is 0.853. The molecule has 0 atom stereocenters. The normalized spacial score (nSPS) is 17.0. The zero-order valence-electron chi connectivity index (χ0n) is 12.7. The van der Waals surface area contributed by atoms with Gasteiger partial charge >= 0.3 is 0 Å². The van der Waals surface area contributed by atoms with Gasteiger partial charge in [-0.2, -0.15) is 0 Å². The maximum absolute atomic E-state index is 11.8. The van der Waals surface area contributed by atoms with Crippen molar-refractivity contribution in [3.8, 4) is 0 Å². The second-order valence-corrected chi connectivity index (χ2v) is 6.51. The zero-order valence-corrected chi connectivity index (χ0v) is 12.7. The molecule has 0 radical (unpaired) electrons. The Labute approximate surface area is 123 Å². The van der Waals surface area contributed by atoms with Crippen molar-refractivity contribution in [3.63, 3.8) is 0 Å². The second kappa shape index (κ2) is 4.45. The fourth-order valence-corrected chi connectivity index (χ4v) is 3.35. The van der Waals surface area contributed by atoms with Crippen molar-refractivity contribution in [3.05, 3.63) is 55.3 Å². The van der Waals surface area contributed by atoms with E-state index >= 15 is 0 Å². The Bertz CT molecular complexity index is 783. The van der Waals surface area contributed by atoms with Gasteiger partial charge in [-0.3, -0.25) is 9.59 Å². The van der Waals surface area contributed by atoms with E-state index in [2.05, 4.69) is 39.0 Å². The molecule has 2 N–H and O–H groups in total. The summed E-state index contributed by atoms with van der Waals surface area (Å²) in [6.07, 6.45) is 0.982. The molecule has 1 heterocycles. The van der Waals surface area contributed by atoms with Crippen LogP contribution in [-0.4, -0.2) is 6.54 Å². The first kappa shape index (κ1) is 13.9. The van der Waals surface area contributed by atoms with Gasteiger partial charge in [0.1, 0.15) is 11.4 Å². The van der Waals surface area contributed by atoms with Gasteiger partial charge in [0.25, 0.3) is 10.9 Å². The fraction of sp³-hybridized carbons (Fsp3) is 0.412. The molecule has 0 bridgehead atoms. The molecule has 0 fully saturated rings. The monoisotopic (exact) mass is 284 g/mol. The molecule has 4 nitrogen and oxygen atoms in total. The average Bonchev–Trinajstić information content (AvgIpc) is 2.45. The molecule has 0 saturated carbocycles. The molecule has 4 heteroatoms. The lowest BCUT2D eigenvalue weighted by atomic mass is 9.77. The third-order valence-electron chi connectivity index (χ3n) is 4.49. The number of hydrogen-bond acceptors (Lipinski definition) is 4. The van der Waals surface area contributed by atoms with Crippen LogP contribution in [0.5, 0.6) is 0 Å². The lowest BCUT2D eigenvalue weighted by molar-refractivity contribution is 0.476. The molecule has 0 spiro atoms. The number of nitrogen functional groups attached to an aromatic ring is 1. The Morgan fingerprint density at radius 3 is 2.57 bits per heavy atom. The molecule has 1 aliphatic heterocycles. The summed E-state index contributed by atoms with van der Waals surface area (Å²) in [5.41, 5.74) is 8.99. The fourth-order valence-electron chi connectivity index (χ4n) is 3.35. The van der Waals surface area contributed by atoms with Crippen molar-refractivity contribution in [2.24, 2.45) is 0 Å².